The van der Waals surface area contributed by atoms with Crippen molar-refractivity contribution in [2.75, 3.05) is 11.5 Å². The van der Waals surface area contributed by atoms with Gasteiger partial charge >= 0.3 is 5.97 Å². The van der Waals surface area contributed by atoms with Gasteiger partial charge in [-0.2, -0.15) is 11.8 Å². The molecular formula is C13H17NO2S. The van der Waals surface area contributed by atoms with Gasteiger partial charge in [-0.1, -0.05) is 0 Å². The van der Waals surface area contributed by atoms with Crippen LogP contribution in [0, 0.1) is 5.41 Å². The lowest BCUT2D eigenvalue weighted by Gasteiger charge is -2.11. The highest BCUT2D eigenvalue weighted by Crippen LogP contribution is 2.50. The first-order valence-electron chi connectivity index (χ1n) is 5.89. The summed E-state index contributed by atoms with van der Waals surface area (Å²) in [6, 6.07) is 4.06. The molecule has 1 aromatic heterocycles. The molecule has 2 rings (SSSR count). The van der Waals surface area contributed by atoms with E-state index >= 15 is 0 Å². The Labute approximate surface area is 106 Å². The highest BCUT2D eigenvalue weighted by atomic mass is 32.2. The lowest BCUT2D eigenvalue weighted by atomic mass is 10.1. The van der Waals surface area contributed by atoms with E-state index in [-0.39, 0.29) is 5.41 Å². The van der Waals surface area contributed by atoms with Crippen LogP contribution in [-0.4, -0.2) is 27.6 Å². The highest BCUT2D eigenvalue weighted by molar-refractivity contribution is 7.99. The van der Waals surface area contributed by atoms with Crippen LogP contribution < -0.4 is 0 Å². The van der Waals surface area contributed by atoms with Crippen molar-refractivity contribution < 1.29 is 9.90 Å². The van der Waals surface area contributed by atoms with Crippen LogP contribution in [-0.2, 0) is 11.2 Å². The predicted octanol–water partition coefficient (Wildman–Crippen LogP) is 2.61. The topological polar surface area (TPSA) is 50.2 Å². The number of aliphatic carboxylic acids is 1. The molecule has 1 saturated carbocycles. The summed E-state index contributed by atoms with van der Waals surface area (Å²) in [5, 5.41) is 8.81. The quantitative estimate of drug-likeness (QED) is 0.757. The minimum absolute atomic E-state index is 0.120. The molecule has 1 aromatic rings. The van der Waals surface area contributed by atoms with E-state index in [9.17, 15) is 4.79 Å². The number of rotatable bonds is 7. The summed E-state index contributed by atoms with van der Waals surface area (Å²) in [6.45, 7) is 0. The molecule has 0 radical (unpaired) electrons. The number of thioether (sulfide) groups is 1. The van der Waals surface area contributed by atoms with E-state index in [1.165, 1.54) is 5.56 Å². The van der Waals surface area contributed by atoms with Crippen molar-refractivity contribution in [2.45, 2.75) is 25.7 Å². The number of hydrogen-bond donors (Lipinski definition) is 1. The van der Waals surface area contributed by atoms with Gasteiger partial charge in [0.15, 0.2) is 0 Å². The van der Waals surface area contributed by atoms with Crippen LogP contribution in [0.4, 0.5) is 0 Å². The molecule has 0 unspecified atom stereocenters. The highest BCUT2D eigenvalue weighted by Gasteiger charge is 2.43. The largest absolute Gasteiger partial charge is 0.481 e. The summed E-state index contributed by atoms with van der Waals surface area (Å²) < 4.78 is 0. The van der Waals surface area contributed by atoms with E-state index in [0.717, 1.165) is 30.8 Å². The van der Waals surface area contributed by atoms with Gasteiger partial charge in [-0.3, -0.25) is 9.78 Å². The zero-order valence-corrected chi connectivity index (χ0v) is 10.6. The predicted molar refractivity (Wildman–Crippen MR) is 69.2 cm³/mol. The molecule has 92 valence electrons. The summed E-state index contributed by atoms with van der Waals surface area (Å²) in [4.78, 5) is 14.7. The van der Waals surface area contributed by atoms with E-state index in [1.54, 1.807) is 0 Å². The van der Waals surface area contributed by atoms with Crippen molar-refractivity contribution in [3.63, 3.8) is 0 Å². The summed E-state index contributed by atoms with van der Waals surface area (Å²) >= 11 is 1.88. The average Bonchev–Trinajstić information content (AvgIpc) is 3.05. The summed E-state index contributed by atoms with van der Waals surface area (Å²) in [6.07, 6.45) is 7.17. The summed E-state index contributed by atoms with van der Waals surface area (Å²) in [5.74, 6) is 1.40. The van der Waals surface area contributed by atoms with Crippen LogP contribution in [0.15, 0.2) is 24.5 Å². The van der Waals surface area contributed by atoms with Crippen LogP contribution in [0.25, 0.3) is 0 Å². The monoisotopic (exact) mass is 251 g/mol. The lowest BCUT2D eigenvalue weighted by molar-refractivity contribution is -0.138. The van der Waals surface area contributed by atoms with Crippen molar-refractivity contribution >= 4 is 17.7 Å². The second-order valence-corrected chi connectivity index (χ2v) is 5.83. The van der Waals surface area contributed by atoms with Crippen molar-refractivity contribution in [1.29, 1.82) is 0 Å². The van der Waals surface area contributed by atoms with E-state index in [2.05, 4.69) is 4.98 Å². The van der Waals surface area contributed by atoms with Gasteiger partial charge in [0.05, 0.1) is 6.42 Å². The maximum atomic E-state index is 10.7. The smallest absolute Gasteiger partial charge is 0.303 e. The van der Waals surface area contributed by atoms with Crippen molar-refractivity contribution in [2.24, 2.45) is 5.41 Å². The number of carboxylic acid groups (broad SMARTS) is 1. The Morgan fingerprint density at radius 3 is 2.71 bits per heavy atom. The molecular weight excluding hydrogens is 234 g/mol. The van der Waals surface area contributed by atoms with Gasteiger partial charge in [-0.25, -0.2) is 0 Å². The molecule has 0 bridgehead atoms. The molecule has 17 heavy (non-hydrogen) atoms. The Morgan fingerprint density at radius 2 is 2.12 bits per heavy atom. The molecule has 1 aliphatic rings. The van der Waals surface area contributed by atoms with Gasteiger partial charge in [-0.15, -0.1) is 0 Å². The Morgan fingerprint density at radius 1 is 1.41 bits per heavy atom. The third-order valence-electron chi connectivity index (χ3n) is 3.18. The SMILES string of the molecule is O=C(O)CC1(CSCCc2ccncc2)CC1. The third kappa shape index (κ3) is 4.04. The standard InChI is InChI=1S/C13H17NO2S/c15-12(16)9-13(4-5-13)10-17-8-3-11-1-6-14-7-2-11/h1-2,6-7H,3-5,8-10H2,(H,15,16). The zero-order chi connectivity index (χ0) is 12.1. The maximum Gasteiger partial charge on any atom is 0.303 e. The Hall–Kier alpha value is -1.03. The maximum absolute atomic E-state index is 10.7. The first kappa shape index (κ1) is 12.4. The second kappa shape index (κ2) is 5.54. The Bertz CT molecular complexity index is 376. The van der Waals surface area contributed by atoms with Crippen LogP contribution >= 0.6 is 11.8 Å². The number of carboxylic acids is 1. The molecule has 0 atom stereocenters. The molecule has 1 heterocycles. The number of aromatic nitrogens is 1. The first-order valence-corrected chi connectivity index (χ1v) is 7.04. The third-order valence-corrected chi connectivity index (χ3v) is 4.49. The summed E-state index contributed by atoms with van der Waals surface area (Å²) in [5.41, 5.74) is 1.42. The minimum atomic E-state index is -0.655. The van der Waals surface area contributed by atoms with Crippen molar-refractivity contribution in [3.8, 4) is 0 Å². The Kier molecular flexibility index (Phi) is 4.05. The molecule has 3 nitrogen and oxygen atoms in total. The van der Waals surface area contributed by atoms with Gasteiger partial charge in [-0.05, 0) is 53.9 Å². The van der Waals surface area contributed by atoms with Crippen LogP contribution in [0.5, 0.6) is 0 Å². The molecule has 0 saturated heterocycles. The molecule has 1 aliphatic carbocycles. The normalized spacial score (nSPS) is 16.7. The van der Waals surface area contributed by atoms with Crippen LogP contribution in [0.2, 0.25) is 0 Å². The molecule has 0 aromatic carbocycles. The van der Waals surface area contributed by atoms with E-state index in [1.807, 2.05) is 36.3 Å². The average molecular weight is 251 g/mol. The van der Waals surface area contributed by atoms with E-state index < -0.39 is 5.97 Å². The molecule has 0 spiro atoms. The van der Waals surface area contributed by atoms with Gasteiger partial charge in [0, 0.05) is 12.4 Å². The van der Waals surface area contributed by atoms with Crippen LogP contribution in [0.1, 0.15) is 24.8 Å². The van der Waals surface area contributed by atoms with E-state index in [0.29, 0.717) is 6.42 Å². The fourth-order valence-electron chi connectivity index (χ4n) is 1.90. The summed E-state index contributed by atoms with van der Waals surface area (Å²) in [7, 11) is 0. The molecule has 1 N–H and O–H groups in total. The number of aryl methyl sites for hydroxylation is 1. The fourth-order valence-corrected chi connectivity index (χ4v) is 3.25. The molecule has 0 aliphatic heterocycles. The van der Waals surface area contributed by atoms with Gasteiger partial charge in [0.1, 0.15) is 0 Å². The zero-order valence-electron chi connectivity index (χ0n) is 9.76. The number of pyridine rings is 1. The number of carbonyl (C=O) groups is 1. The number of nitrogens with zero attached hydrogens (tertiary/aromatic N) is 1. The van der Waals surface area contributed by atoms with Gasteiger partial charge in [0.2, 0.25) is 0 Å². The van der Waals surface area contributed by atoms with Gasteiger partial charge < -0.3 is 5.11 Å². The minimum Gasteiger partial charge on any atom is -0.481 e. The first-order chi connectivity index (χ1) is 8.20. The molecule has 0 amide bonds. The lowest BCUT2D eigenvalue weighted by Crippen LogP contribution is -2.11. The second-order valence-electron chi connectivity index (χ2n) is 4.73. The molecule has 1 fully saturated rings. The molecule has 4 heteroatoms. The fraction of sp³-hybridized carbons (Fsp3) is 0.538. The van der Waals surface area contributed by atoms with E-state index in [4.69, 9.17) is 5.11 Å². The van der Waals surface area contributed by atoms with Crippen molar-refractivity contribution in [3.05, 3.63) is 30.1 Å². The Balaban J connectivity index is 1.65. The van der Waals surface area contributed by atoms with Gasteiger partial charge in [0.25, 0.3) is 0 Å². The van der Waals surface area contributed by atoms with Crippen LogP contribution in [0.3, 0.4) is 0 Å². The number of hydrogen-bond acceptors (Lipinski definition) is 3. The van der Waals surface area contributed by atoms with Crippen molar-refractivity contribution in [1.82, 2.24) is 4.98 Å².